The van der Waals surface area contributed by atoms with Crippen molar-refractivity contribution in [2.24, 2.45) is 5.92 Å². The molecule has 7 heteroatoms. The number of aromatic nitrogens is 2. The maximum absolute atomic E-state index is 14.1. The summed E-state index contributed by atoms with van der Waals surface area (Å²) in [5, 5.41) is 7.72. The Hall–Kier alpha value is -3.48. The van der Waals surface area contributed by atoms with Crippen LogP contribution in [0.2, 0.25) is 0 Å². The van der Waals surface area contributed by atoms with Crippen molar-refractivity contribution in [2.75, 3.05) is 11.4 Å². The predicted octanol–water partition coefficient (Wildman–Crippen LogP) is 3.62. The van der Waals surface area contributed by atoms with Gasteiger partial charge in [0, 0.05) is 24.2 Å². The number of hydrogen-bond donors (Lipinski definition) is 1. The molecule has 2 atom stereocenters. The van der Waals surface area contributed by atoms with Gasteiger partial charge in [0.2, 0.25) is 11.8 Å². The number of hydrogen-bond acceptors (Lipinski definition) is 3. The van der Waals surface area contributed by atoms with E-state index in [1.807, 2.05) is 29.1 Å². The van der Waals surface area contributed by atoms with E-state index in [1.165, 1.54) is 16.5 Å². The van der Waals surface area contributed by atoms with Crippen LogP contribution in [0.15, 0.2) is 60.8 Å². The molecule has 2 unspecified atom stereocenters. The van der Waals surface area contributed by atoms with Crippen molar-refractivity contribution in [1.82, 2.24) is 15.1 Å². The Bertz CT molecular complexity index is 1140. The van der Waals surface area contributed by atoms with Crippen LogP contribution in [0, 0.1) is 11.7 Å². The number of amides is 2. The summed E-state index contributed by atoms with van der Waals surface area (Å²) in [5.74, 6) is -1.34. The maximum atomic E-state index is 14.1. The van der Waals surface area contributed by atoms with E-state index in [4.69, 9.17) is 0 Å². The van der Waals surface area contributed by atoms with E-state index in [-0.39, 0.29) is 36.5 Å². The molecule has 2 aliphatic rings. The molecule has 0 saturated carbocycles. The predicted molar refractivity (Wildman–Crippen MR) is 118 cm³/mol. The molecule has 1 aromatic heterocycles. The average molecular weight is 432 g/mol. The van der Waals surface area contributed by atoms with Crippen LogP contribution in [-0.2, 0) is 22.6 Å². The highest BCUT2D eigenvalue weighted by atomic mass is 19.1. The van der Waals surface area contributed by atoms with Gasteiger partial charge in [-0.25, -0.2) is 4.39 Å². The molecular formula is C25H25FN4O2. The van der Waals surface area contributed by atoms with E-state index in [1.54, 1.807) is 18.2 Å². The van der Waals surface area contributed by atoms with Crippen LogP contribution in [0.5, 0.6) is 0 Å². The molecule has 0 spiro atoms. The fraction of sp³-hybridized carbons (Fsp3) is 0.320. The summed E-state index contributed by atoms with van der Waals surface area (Å²) in [6.07, 6.45) is 4.68. The van der Waals surface area contributed by atoms with Crippen LogP contribution in [0.25, 0.3) is 0 Å². The highest BCUT2D eigenvalue weighted by molar-refractivity contribution is 6.00. The molecule has 3 aromatic rings. The molecule has 1 aliphatic heterocycles. The van der Waals surface area contributed by atoms with Crippen molar-refractivity contribution in [2.45, 2.75) is 38.3 Å². The summed E-state index contributed by atoms with van der Waals surface area (Å²) in [4.78, 5) is 26.9. The van der Waals surface area contributed by atoms with Gasteiger partial charge in [-0.2, -0.15) is 5.10 Å². The number of fused-ring (bicyclic) bond motifs is 1. The summed E-state index contributed by atoms with van der Waals surface area (Å²) in [5.41, 5.74) is 3.62. The van der Waals surface area contributed by atoms with Crippen molar-refractivity contribution in [3.63, 3.8) is 0 Å². The molecule has 2 aromatic carbocycles. The van der Waals surface area contributed by atoms with Crippen molar-refractivity contribution < 1.29 is 14.0 Å². The van der Waals surface area contributed by atoms with Crippen molar-refractivity contribution in [3.05, 3.63) is 83.4 Å². The molecular weight excluding hydrogens is 407 g/mol. The second-order valence-corrected chi connectivity index (χ2v) is 8.50. The average Bonchev–Trinajstić information content (AvgIpc) is 3.39. The molecule has 5 rings (SSSR count). The van der Waals surface area contributed by atoms with Gasteiger partial charge in [-0.3, -0.25) is 14.3 Å². The van der Waals surface area contributed by atoms with Crippen LogP contribution < -0.4 is 10.2 Å². The first kappa shape index (κ1) is 20.4. The first-order valence-electron chi connectivity index (χ1n) is 11.0. The second kappa shape index (κ2) is 8.57. The minimum Gasteiger partial charge on any atom is -0.349 e. The molecule has 2 amide bonds. The van der Waals surface area contributed by atoms with Crippen molar-refractivity contribution in [1.29, 1.82) is 0 Å². The first-order valence-corrected chi connectivity index (χ1v) is 11.0. The number of benzene rings is 2. The minimum atomic E-state index is -0.494. The van der Waals surface area contributed by atoms with E-state index in [9.17, 15) is 14.0 Å². The topological polar surface area (TPSA) is 67.2 Å². The van der Waals surface area contributed by atoms with Crippen LogP contribution in [-0.4, -0.2) is 28.1 Å². The Balaban J connectivity index is 1.28. The quantitative estimate of drug-likeness (QED) is 0.670. The third-order valence-electron chi connectivity index (χ3n) is 6.39. The Morgan fingerprint density at radius 1 is 1.12 bits per heavy atom. The van der Waals surface area contributed by atoms with Crippen LogP contribution in [0.4, 0.5) is 10.1 Å². The first-order chi connectivity index (χ1) is 15.6. The number of carbonyl (C=O) groups is 2. The van der Waals surface area contributed by atoms with E-state index in [0.717, 1.165) is 30.5 Å². The third-order valence-corrected chi connectivity index (χ3v) is 6.39. The van der Waals surface area contributed by atoms with Gasteiger partial charge in [-0.1, -0.05) is 42.5 Å². The van der Waals surface area contributed by atoms with Gasteiger partial charge in [0.05, 0.1) is 30.4 Å². The molecule has 1 saturated heterocycles. The van der Waals surface area contributed by atoms with Gasteiger partial charge < -0.3 is 10.2 Å². The number of rotatable bonds is 5. The summed E-state index contributed by atoms with van der Waals surface area (Å²) in [7, 11) is 0. The highest BCUT2D eigenvalue weighted by Gasteiger charge is 2.37. The number of para-hydroxylation sites is 1. The van der Waals surface area contributed by atoms with Crippen LogP contribution >= 0.6 is 0 Å². The molecule has 0 bridgehead atoms. The second-order valence-electron chi connectivity index (χ2n) is 8.50. The lowest BCUT2D eigenvalue weighted by Gasteiger charge is -2.25. The van der Waals surface area contributed by atoms with Gasteiger partial charge in [-0.05, 0) is 37.0 Å². The Morgan fingerprint density at radius 2 is 1.91 bits per heavy atom. The summed E-state index contributed by atoms with van der Waals surface area (Å²) in [6.45, 7) is 0.893. The molecule has 0 radical (unpaired) electrons. The monoisotopic (exact) mass is 432 g/mol. The number of halogens is 1. The zero-order valence-electron chi connectivity index (χ0n) is 17.7. The lowest BCUT2D eigenvalue weighted by atomic mass is 9.92. The Kier molecular flexibility index (Phi) is 5.47. The largest absolute Gasteiger partial charge is 0.349 e. The minimum absolute atomic E-state index is 0.0903. The maximum Gasteiger partial charge on any atom is 0.227 e. The summed E-state index contributed by atoms with van der Waals surface area (Å²) in [6, 6.07) is 16.2. The van der Waals surface area contributed by atoms with Gasteiger partial charge >= 0.3 is 0 Å². The zero-order chi connectivity index (χ0) is 22.1. The van der Waals surface area contributed by atoms with Crippen LogP contribution in [0.3, 0.4) is 0 Å². The van der Waals surface area contributed by atoms with Gasteiger partial charge in [0.15, 0.2) is 0 Å². The number of nitrogens with zero attached hydrogens (tertiary/aromatic N) is 3. The molecule has 164 valence electrons. The van der Waals surface area contributed by atoms with E-state index < -0.39 is 11.7 Å². The third kappa shape index (κ3) is 3.90. The fourth-order valence-electron chi connectivity index (χ4n) is 4.74. The Labute approximate surface area is 186 Å². The van der Waals surface area contributed by atoms with E-state index >= 15 is 0 Å². The van der Waals surface area contributed by atoms with Crippen molar-refractivity contribution in [3.8, 4) is 0 Å². The lowest BCUT2D eigenvalue weighted by molar-refractivity contribution is -0.127. The molecule has 1 aliphatic carbocycles. The highest BCUT2D eigenvalue weighted by Crippen LogP contribution is 2.32. The van der Waals surface area contributed by atoms with Gasteiger partial charge in [-0.15, -0.1) is 0 Å². The molecule has 2 heterocycles. The zero-order valence-corrected chi connectivity index (χ0v) is 17.7. The molecule has 6 nitrogen and oxygen atoms in total. The lowest BCUT2D eigenvalue weighted by Crippen LogP contribution is -2.37. The standard InChI is InChI=1S/C25H25FN4O2/c26-20-9-4-5-11-23(20)29-16-18(13-24(29)31)25(32)28-21-10-6-12-22-19(21)14-27-30(22)15-17-7-2-1-3-8-17/h1-5,7-9,11,14,18,21H,6,10,12-13,15-16H2,(H,28,32). The fourth-order valence-corrected chi connectivity index (χ4v) is 4.74. The number of nitrogens with one attached hydrogen (secondary N) is 1. The smallest absolute Gasteiger partial charge is 0.227 e. The molecule has 1 N–H and O–H groups in total. The molecule has 1 fully saturated rings. The summed E-state index contributed by atoms with van der Waals surface area (Å²) >= 11 is 0. The van der Waals surface area contributed by atoms with Crippen molar-refractivity contribution >= 4 is 17.5 Å². The SMILES string of the molecule is O=C(NC1CCCc2c1cnn2Cc1ccccc1)C1CC(=O)N(c2ccccc2F)C1. The van der Waals surface area contributed by atoms with Gasteiger partial charge in [0.1, 0.15) is 5.82 Å². The summed E-state index contributed by atoms with van der Waals surface area (Å²) < 4.78 is 16.2. The number of carbonyl (C=O) groups excluding carboxylic acids is 2. The van der Waals surface area contributed by atoms with Gasteiger partial charge in [0.25, 0.3) is 0 Å². The Morgan fingerprint density at radius 3 is 2.72 bits per heavy atom. The van der Waals surface area contributed by atoms with E-state index in [0.29, 0.717) is 6.54 Å². The normalized spacial score (nSPS) is 20.3. The number of anilines is 1. The van der Waals surface area contributed by atoms with E-state index in [2.05, 4.69) is 22.5 Å². The molecule has 32 heavy (non-hydrogen) atoms. The van der Waals surface area contributed by atoms with Crippen LogP contribution in [0.1, 0.15) is 42.1 Å².